The maximum absolute atomic E-state index is 5.40. The number of hydrogen-bond donors (Lipinski definition) is 1. The fourth-order valence-corrected chi connectivity index (χ4v) is 1.95. The molecule has 102 valence electrons. The normalized spacial score (nSPS) is 10.3. The van der Waals surface area contributed by atoms with Gasteiger partial charge in [0.2, 0.25) is 0 Å². The fraction of sp³-hybridized carbons (Fsp3) is 0.357. The molecule has 0 amide bonds. The Bertz CT molecular complexity index is 564. The van der Waals surface area contributed by atoms with E-state index in [-0.39, 0.29) is 0 Å². The molecule has 1 aromatic carbocycles. The van der Waals surface area contributed by atoms with Gasteiger partial charge in [-0.1, -0.05) is 0 Å². The molecule has 19 heavy (non-hydrogen) atoms. The number of benzene rings is 1. The molecule has 0 fully saturated rings. The molecular weight excluding hydrogens is 244 g/mol. The first-order valence-electron chi connectivity index (χ1n) is 6.01. The van der Waals surface area contributed by atoms with E-state index in [1.54, 1.807) is 27.5 Å². The van der Waals surface area contributed by atoms with Crippen molar-refractivity contribution >= 4 is 6.01 Å². The van der Waals surface area contributed by atoms with Gasteiger partial charge in [-0.2, -0.15) is 4.98 Å². The molecular formula is C14H18N2O3. The Morgan fingerprint density at radius 1 is 1.21 bits per heavy atom. The highest BCUT2D eigenvalue weighted by atomic mass is 16.5. The molecule has 0 aliphatic rings. The van der Waals surface area contributed by atoms with Crippen LogP contribution < -0.4 is 14.8 Å². The van der Waals surface area contributed by atoms with Gasteiger partial charge in [-0.15, -0.1) is 0 Å². The molecule has 5 heteroatoms. The number of oxazole rings is 1. The van der Waals surface area contributed by atoms with Gasteiger partial charge in [0.1, 0.15) is 17.8 Å². The molecule has 2 rings (SSSR count). The van der Waals surface area contributed by atoms with Gasteiger partial charge in [-0.25, -0.2) is 0 Å². The third-order valence-corrected chi connectivity index (χ3v) is 2.94. The summed E-state index contributed by atoms with van der Waals surface area (Å²) in [5, 5.41) is 2.86. The number of anilines is 1. The van der Waals surface area contributed by atoms with Crippen molar-refractivity contribution < 1.29 is 13.9 Å². The molecule has 1 aromatic heterocycles. The molecule has 0 saturated carbocycles. The maximum Gasteiger partial charge on any atom is 0.294 e. The molecule has 5 nitrogen and oxygen atoms in total. The maximum atomic E-state index is 5.40. The minimum absolute atomic E-state index is 0.507. The van der Waals surface area contributed by atoms with Crippen molar-refractivity contribution in [2.45, 2.75) is 13.3 Å². The Hall–Kier alpha value is -2.17. The molecule has 0 unspecified atom stereocenters. The molecule has 0 radical (unpaired) electrons. The van der Waals surface area contributed by atoms with Crippen LogP contribution in [0.4, 0.5) is 6.01 Å². The van der Waals surface area contributed by atoms with E-state index in [1.165, 1.54) is 0 Å². The van der Waals surface area contributed by atoms with Gasteiger partial charge >= 0.3 is 0 Å². The lowest BCUT2D eigenvalue weighted by molar-refractivity contribution is 0.397. The number of hydrogen-bond acceptors (Lipinski definition) is 5. The predicted octanol–water partition coefficient (Wildman–Crippen LogP) is 2.63. The number of rotatable bonds is 5. The number of nitrogens with zero attached hydrogens (tertiary/aromatic N) is 1. The van der Waals surface area contributed by atoms with Crippen molar-refractivity contribution in [1.82, 2.24) is 4.98 Å². The van der Waals surface area contributed by atoms with Crippen LogP contribution in [0.1, 0.15) is 16.8 Å². The third-order valence-electron chi connectivity index (χ3n) is 2.94. The summed E-state index contributed by atoms with van der Waals surface area (Å²) in [6.45, 7) is 1.99. The van der Waals surface area contributed by atoms with Crippen LogP contribution in [-0.2, 0) is 6.42 Å². The summed E-state index contributed by atoms with van der Waals surface area (Å²) in [7, 11) is 5.09. The van der Waals surface area contributed by atoms with E-state index in [1.807, 2.05) is 19.1 Å². The Kier molecular flexibility index (Phi) is 3.94. The lowest BCUT2D eigenvalue weighted by Gasteiger charge is -2.12. The molecule has 2 aromatic rings. The zero-order valence-corrected chi connectivity index (χ0v) is 11.6. The van der Waals surface area contributed by atoms with Crippen LogP contribution >= 0.6 is 0 Å². The molecule has 0 saturated heterocycles. The summed E-state index contributed by atoms with van der Waals surface area (Å²) in [6, 6.07) is 4.45. The average Bonchev–Trinajstić information content (AvgIpc) is 2.88. The lowest BCUT2D eigenvalue weighted by Crippen LogP contribution is -1.98. The topological polar surface area (TPSA) is 56.5 Å². The quantitative estimate of drug-likeness (QED) is 0.897. The van der Waals surface area contributed by atoms with Gasteiger partial charge in [0, 0.05) is 19.0 Å². The molecule has 0 spiro atoms. The van der Waals surface area contributed by atoms with E-state index in [4.69, 9.17) is 13.9 Å². The summed E-state index contributed by atoms with van der Waals surface area (Å²) in [5.74, 6) is 1.67. The minimum Gasteiger partial charge on any atom is -0.496 e. The Balaban J connectivity index is 2.32. The molecule has 1 heterocycles. The Labute approximate surface area is 112 Å². The molecule has 0 bridgehead atoms. The fourth-order valence-electron chi connectivity index (χ4n) is 1.95. The van der Waals surface area contributed by atoms with E-state index in [2.05, 4.69) is 10.3 Å². The molecule has 0 aliphatic heterocycles. The van der Waals surface area contributed by atoms with Crippen molar-refractivity contribution in [1.29, 1.82) is 0 Å². The molecule has 1 N–H and O–H groups in total. The first-order valence-corrected chi connectivity index (χ1v) is 6.01. The second-order valence-corrected chi connectivity index (χ2v) is 4.20. The summed E-state index contributed by atoms with van der Waals surface area (Å²) < 4.78 is 16.0. The Morgan fingerprint density at radius 2 is 1.95 bits per heavy atom. The van der Waals surface area contributed by atoms with Crippen molar-refractivity contribution in [3.63, 3.8) is 0 Å². The smallest absolute Gasteiger partial charge is 0.294 e. The van der Waals surface area contributed by atoms with Gasteiger partial charge in [0.05, 0.1) is 19.9 Å². The van der Waals surface area contributed by atoms with Crippen LogP contribution in [-0.4, -0.2) is 26.3 Å². The van der Waals surface area contributed by atoms with Crippen LogP contribution in [0.2, 0.25) is 0 Å². The number of nitrogens with one attached hydrogen (secondary N) is 1. The summed E-state index contributed by atoms with van der Waals surface area (Å²) in [5.41, 5.74) is 2.90. The van der Waals surface area contributed by atoms with Crippen molar-refractivity contribution in [3.05, 3.63) is 35.2 Å². The largest absolute Gasteiger partial charge is 0.496 e. The number of ether oxygens (including phenoxy) is 2. The summed E-state index contributed by atoms with van der Waals surface area (Å²) in [4.78, 5) is 4.30. The number of aromatic nitrogens is 1. The third kappa shape index (κ3) is 2.81. The molecule has 0 atom stereocenters. The second kappa shape index (κ2) is 5.65. The number of methoxy groups -OCH3 is 2. The standard InChI is InChI=1S/C14H18N2O3/c1-9-5-13(18-4)10(7-12(9)17-3)6-11-8-19-14(15-2)16-11/h5,7-8H,6H2,1-4H3,(H,15,16). The number of aryl methyl sites for hydroxylation is 1. The van der Waals surface area contributed by atoms with Crippen LogP contribution in [0.15, 0.2) is 22.8 Å². The van der Waals surface area contributed by atoms with Gasteiger partial charge in [0.15, 0.2) is 0 Å². The molecule has 0 aliphatic carbocycles. The highest BCUT2D eigenvalue weighted by molar-refractivity contribution is 5.47. The Morgan fingerprint density at radius 3 is 2.53 bits per heavy atom. The van der Waals surface area contributed by atoms with Gasteiger partial charge in [-0.05, 0) is 24.6 Å². The van der Waals surface area contributed by atoms with E-state index in [9.17, 15) is 0 Å². The average molecular weight is 262 g/mol. The summed E-state index contributed by atoms with van der Waals surface area (Å²) >= 11 is 0. The zero-order chi connectivity index (χ0) is 13.8. The second-order valence-electron chi connectivity index (χ2n) is 4.20. The van der Waals surface area contributed by atoms with Crippen molar-refractivity contribution in [3.8, 4) is 11.5 Å². The first-order chi connectivity index (χ1) is 9.17. The summed E-state index contributed by atoms with van der Waals surface area (Å²) in [6.07, 6.45) is 2.27. The van der Waals surface area contributed by atoms with Crippen molar-refractivity contribution in [2.75, 3.05) is 26.6 Å². The van der Waals surface area contributed by atoms with Gasteiger partial charge in [-0.3, -0.25) is 0 Å². The van der Waals surface area contributed by atoms with E-state index >= 15 is 0 Å². The monoisotopic (exact) mass is 262 g/mol. The predicted molar refractivity (Wildman–Crippen MR) is 73.1 cm³/mol. The van der Waals surface area contributed by atoms with E-state index < -0.39 is 0 Å². The first kappa shape index (κ1) is 13.3. The van der Waals surface area contributed by atoms with Crippen molar-refractivity contribution in [2.24, 2.45) is 0 Å². The SMILES string of the molecule is CNc1nc(Cc2cc(OC)c(C)cc2OC)co1. The lowest BCUT2D eigenvalue weighted by atomic mass is 10.1. The van der Waals surface area contributed by atoms with Crippen LogP contribution in [0.5, 0.6) is 11.5 Å². The minimum atomic E-state index is 0.507. The van der Waals surface area contributed by atoms with Crippen LogP contribution in [0.3, 0.4) is 0 Å². The van der Waals surface area contributed by atoms with Gasteiger partial charge < -0.3 is 19.2 Å². The van der Waals surface area contributed by atoms with Crippen LogP contribution in [0, 0.1) is 6.92 Å². The highest BCUT2D eigenvalue weighted by Gasteiger charge is 2.11. The van der Waals surface area contributed by atoms with E-state index in [0.29, 0.717) is 12.4 Å². The highest BCUT2D eigenvalue weighted by Crippen LogP contribution is 2.30. The zero-order valence-electron chi connectivity index (χ0n) is 11.6. The van der Waals surface area contributed by atoms with Crippen LogP contribution in [0.25, 0.3) is 0 Å². The van der Waals surface area contributed by atoms with E-state index in [0.717, 1.165) is 28.3 Å². The van der Waals surface area contributed by atoms with Gasteiger partial charge in [0.25, 0.3) is 6.01 Å².